The van der Waals surface area contributed by atoms with Crippen LogP contribution in [0.4, 0.5) is 5.69 Å². The van der Waals surface area contributed by atoms with Crippen LogP contribution in [-0.2, 0) is 16.4 Å². The van der Waals surface area contributed by atoms with Crippen LogP contribution in [-0.4, -0.2) is 26.9 Å². The van der Waals surface area contributed by atoms with Crippen LogP contribution in [0.25, 0.3) is 0 Å². The maximum absolute atomic E-state index is 11.1. The zero-order valence-electron chi connectivity index (χ0n) is 9.81. The summed E-state index contributed by atoms with van der Waals surface area (Å²) in [4.78, 5) is 4.41. The van der Waals surface area contributed by atoms with E-state index in [9.17, 15) is 8.42 Å². The number of sulfonamides is 1. The highest BCUT2D eigenvalue weighted by Crippen LogP contribution is 2.15. The number of anilines is 1. The van der Waals surface area contributed by atoms with Gasteiger partial charge in [-0.25, -0.2) is 8.42 Å². The van der Waals surface area contributed by atoms with Gasteiger partial charge in [-0.15, -0.1) is 0 Å². The van der Waals surface area contributed by atoms with Crippen LogP contribution in [0.2, 0.25) is 0 Å². The van der Waals surface area contributed by atoms with Crippen molar-refractivity contribution in [2.24, 2.45) is 4.99 Å². The summed E-state index contributed by atoms with van der Waals surface area (Å²) >= 11 is 0. The highest BCUT2D eigenvalue weighted by atomic mass is 32.2. The highest BCUT2D eigenvalue weighted by molar-refractivity contribution is 7.92. The number of hydrogen-bond donors (Lipinski definition) is 1. The summed E-state index contributed by atoms with van der Waals surface area (Å²) in [5.41, 5.74) is 2.92. The van der Waals surface area contributed by atoms with Crippen LogP contribution in [0, 0.1) is 0 Å². The summed E-state index contributed by atoms with van der Waals surface area (Å²) in [7, 11) is -3.20. The Morgan fingerprint density at radius 2 is 2.24 bits per heavy atom. The van der Waals surface area contributed by atoms with Crippen molar-refractivity contribution in [3.63, 3.8) is 0 Å². The number of aliphatic imine (C=N–C) groups is 1. The molecule has 0 saturated heterocycles. The van der Waals surface area contributed by atoms with Gasteiger partial charge in [0.15, 0.2) is 0 Å². The Hall–Kier alpha value is -1.36. The zero-order chi connectivity index (χ0) is 12.3. The molecule has 1 aromatic rings. The van der Waals surface area contributed by atoms with Crippen LogP contribution in [0.15, 0.2) is 29.3 Å². The Labute approximate surface area is 102 Å². The third-order valence-electron chi connectivity index (χ3n) is 2.60. The Balaban J connectivity index is 2.11. The fraction of sp³-hybridized carbons (Fsp3) is 0.417. The van der Waals surface area contributed by atoms with Gasteiger partial charge in [0.25, 0.3) is 0 Å². The van der Waals surface area contributed by atoms with E-state index in [2.05, 4.69) is 9.71 Å². The van der Waals surface area contributed by atoms with Crippen LogP contribution in [0.5, 0.6) is 0 Å². The maximum atomic E-state index is 11.1. The van der Waals surface area contributed by atoms with E-state index in [-0.39, 0.29) is 0 Å². The molecule has 0 unspecified atom stereocenters. The maximum Gasteiger partial charge on any atom is 0.229 e. The smallest absolute Gasteiger partial charge is 0.229 e. The SMILES string of the molecule is CS(=O)(=O)Nc1cccc(CC2=NCCC2)c1. The largest absolute Gasteiger partial charge is 0.294 e. The second-order valence-corrected chi connectivity index (χ2v) is 6.05. The third kappa shape index (κ3) is 3.85. The lowest BCUT2D eigenvalue weighted by atomic mass is 10.1. The molecule has 4 nitrogen and oxygen atoms in total. The minimum absolute atomic E-state index is 0.614. The predicted molar refractivity (Wildman–Crippen MR) is 70.1 cm³/mol. The van der Waals surface area contributed by atoms with E-state index in [0.717, 1.165) is 37.6 Å². The van der Waals surface area contributed by atoms with Gasteiger partial charge in [-0.2, -0.15) is 0 Å². The van der Waals surface area contributed by atoms with Crippen LogP contribution in [0.1, 0.15) is 18.4 Å². The molecular formula is C12H16N2O2S. The molecule has 1 aliphatic rings. The molecule has 5 heteroatoms. The molecule has 0 fully saturated rings. The monoisotopic (exact) mass is 252 g/mol. The fourth-order valence-electron chi connectivity index (χ4n) is 1.94. The number of nitrogens with zero attached hydrogens (tertiary/aromatic N) is 1. The normalized spacial score (nSPS) is 15.7. The van der Waals surface area contributed by atoms with E-state index in [1.807, 2.05) is 18.2 Å². The molecule has 0 bridgehead atoms. The molecule has 0 aromatic heterocycles. The van der Waals surface area contributed by atoms with E-state index >= 15 is 0 Å². The lowest BCUT2D eigenvalue weighted by Crippen LogP contribution is -2.10. The van der Waals surface area contributed by atoms with Crippen LogP contribution < -0.4 is 4.72 Å². The van der Waals surface area contributed by atoms with E-state index in [4.69, 9.17) is 0 Å². The van der Waals surface area contributed by atoms with Crippen molar-refractivity contribution in [2.45, 2.75) is 19.3 Å². The van der Waals surface area contributed by atoms with Crippen LogP contribution >= 0.6 is 0 Å². The summed E-state index contributed by atoms with van der Waals surface area (Å²) in [6, 6.07) is 7.47. The summed E-state index contributed by atoms with van der Waals surface area (Å²) in [6.45, 7) is 0.927. The molecule has 2 rings (SSSR count). The average Bonchev–Trinajstić information content (AvgIpc) is 2.68. The summed E-state index contributed by atoms with van der Waals surface area (Å²) < 4.78 is 24.7. The minimum atomic E-state index is -3.20. The number of hydrogen-bond acceptors (Lipinski definition) is 3. The summed E-state index contributed by atoms with van der Waals surface area (Å²) in [5.74, 6) is 0. The molecule has 1 aliphatic heterocycles. The molecule has 0 aliphatic carbocycles. The average molecular weight is 252 g/mol. The lowest BCUT2D eigenvalue weighted by molar-refractivity contribution is 0.607. The molecule has 0 radical (unpaired) electrons. The Kier molecular flexibility index (Phi) is 3.47. The Bertz CT molecular complexity index is 535. The molecule has 1 aromatic carbocycles. The molecular weight excluding hydrogens is 236 g/mol. The van der Waals surface area contributed by atoms with E-state index in [0.29, 0.717) is 5.69 Å². The summed E-state index contributed by atoms with van der Waals surface area (Å²) in [5, 5.41) is 0. The second kappa shape index (κ2) is 4.87. The van der Waals surface area contributed by atoms with Gasteiger partial charge in [0.2, 0.25) is 10.0 Å². The topological polar surface area (TPSA) is 58.5 Å². The molecule has 17 heavy (non-hydrogen) atoms. The first-order chi connectivity index (χ1) is 8.03. The van der Waals surface area contributed by atoms with Gasteiger partial charge in [0.1, 0.15) is 0 Å². The van der Waals surface area contributed by atoms with Crippen molar-refractivity contribution in [3.05, 3.63) is 29.8 Å². The first-order valence-corrected chi connectivity index (χ1v) is 7.51. The van der Waals surface area contributed by atoms with Gasteiger partial charge in [0.05, 0.1) is 6.26 Å². The second-order valence-electron chi connectivity index (χ2n) is 4.30. The molecule has 0 atom stereocenters. The molecule has 0 amide bonds. The van der Waals surface area contributed by atoms with Gasteiger partial charge in [-0.3, -0.25) is 9.71 Å². The number of rotatable bonds is 4. The minimum Gasteiger partial charge on any atom is -0.294 e. The first-order valence-electron chi connectivity index (χ1n) is 5.62. The standard InChI is InChI=1S/C12H16N2O2S/c1-17(15,16)14-12-5-2-4-10(9-12)8-11-6-3-7-13-11/h2,4-5,9,14H,3,6-8H2,1H3. The Morgan fingerprint density at radius 3 is 2.88 bits per heavy atom. The van der Waals surface area contributed by atoms with Gasteiger partial charge in [-0.1, -0.05) is 12.1 Å². The fourth-order valence-corrected chi connectivity index (χ4v) is 2.49. The Morgan fingerprint density at radius 1 is 1.41 bits per heavy atom. The number of nitrogens with one attached hydrogen (secondary N) is 1. The molecule has 0 saturated carbocycles. The van der Waals surface area contributed by atoms with Crippen molar-refractivity contribution < 1.29 is 8.42 Å². The van der Waals surface area contributed by atoms with E-state index in [1.165, 1.54) is 5.71 Å². The van der Waals surface area contributed by atoms with Crippen molar-refractivity contribution in [1.29, 1.82) is 0 Å². The zero-order valence-corrected chi connectivity index (χ0v) is 10.6. The van der Waals surface area contributed by atoms with Gasteiger partial charge >= 0.3 is 0 Å². The van der Waals surface area contributed by atoms with Crippen molar-refractivity contribution >= 4 is 21.4 Å². The van der Waals surface area contributed by atoms with Crippen molar-refractivity contribution in [2.75, 3.05) is 17.5 Å². The lowest BCUT2D eigenvalue weighted by Gasteiger charge is -2.06. The van der Waals surface area contributed by atoms with Crippen molar-refractivity contribution in [1.82, 2.24) is 0 Å². The molecule has 1 heterocycles. The molecule has 92 valence electrons. The van der Waals surface area contributed by atoms with Gasteiger partial charge in [0, 0.05) is 24.4 Å². The van der Waals surface area contributed by atoms with Gasteiger partial charge in [-0.05, 0) is 30.5 Å². The first kappa shape index (κ1) is 12.1. The van der Waals surface area contributed by atoms with E-state index < -0.39 is 10.0 Å². The van der Waals surface area contributed by atoms with Crippen LogP contribution in [0.3, 0.4) is 0 Å². The number of benzene rings is 1. The summed E-state index contributed by atoms with van der Waals surface area (Å²) in [6.07, 6.45) is 4.17. The quantitative estimate of drug-likeness (QED) is 0.888. The van der Waals surface area contributed by atoms with E-state index in [1.54, 1.807) is 6.07 Å². The van der Waals surface area contributed by atoms with Crippen molar-refractivity contribution in [3.8, 4) is 0 Å². The highest BCUT2D eigenvalue weighted by Gasteiger charge is 2.08. The van der Waals surface area contributed by atoms with Gasteiger partial charge < -0.3 is 0 Å². The third-order valence-corrected chi connectivity index (χ3v) is 3.20. The predicted octanol–water partition coefficient (Wildman–Crippen LogP) is 1.84. The molecule has 1 N–H and O–H groups in total. The molecule has 0 spiro atoms.